The molecule has 1 unspecified atom stereocenters. The Morgan fingerprint density at radius 3 is 2.95 bits per heavy atom. The number of methoxy groups -OCH3 is 1. The van der Waals surface area contributed by atoms with E-state index in [1.807, 2.05) is 24.4 Å². The molecule has 0 spiro atoms. The number of imidazole rings is 1. The fourth-order valence-electron chi connectivity index (χ4n) is 2.78. The lowest BCUT2D eigenvalue weighted by Crippen LogP contribution is -2.11. The summed E-state index contributed by atoms with van der Waals surface area (Å²) in [7, 11) is 3.79. The minimum atomic E-state index is 0.522. The maximum atomic E-state index is 5.44. The van der Waals surface area contributed by atoms with Crippen LogP contribution in [0.4, 0.5) is 0 Å². The lowest BCUT2D eigenvalue weighted by Gasteiger charge is -2.12. The molecule has 1 N–H and O–H groups in total. The zero-order valence-electron chi connectivity index (χ0n) is 11.4. The van der Waals surface area contributed by atoms with Gasteiger partial charge in [0.1, 0.15) is 11.6 Å². The Labute approximate surface area is 113 Å². The molecule has 100 valence electrons. The minimum absolute atomic E-state index is 0.522. The zero-order valence-corrected chi connectivity index (χ0v) is 11.4. The Hall–Kier alpha value is -1.81. The van der Waals surface area contributed by atoms with E-state index in [-0.39, 0.29) is 0 Å². The van der Waals surface area contributed by atoms with Crippen LogP contribution in [0.25, 0.3) is 11.3 Å². The zero-order chi connectivity index (χ0) is 13.2. The van der Waals surface area contributed by atoms with Gasteiger partial charge in [0, 0.05) is 25.1 Å². The Kier molecular flexibility index (Phi) is 3.25. The van der Waals surface area contributed by atoms with Crippen LogP contribution in [-0.2, 0) is 7.05 Å². The first kappa shape index (κ1) is 12.2. The van der Waals surface area contributed by atoms with Gasteiger partial charge in [-0.1, -0.05) is 12.1 Å². The SMILES string of the molecule is COc1ccccc1-c1cnc(C2CCNC2)n1C. The van der Waals surface area contributed by atoms with Gasteiger partial charge in [0.2, 0.25) is 0 Å². The van der Waals surface area contributed by atoms with Crippen molar-refractivity contribution >= 4 is 0 Å². The first-order chi connectivity index (χ1) is 9.31. The van der Waals surface area contributed by atoms with Crippen molar-refractivity contribution < 1.29 is 4.74 Å². The number of hydrogen-bond acceptors (Lipinski definition) is 3. The van der Waals surface area contributed by atoms with E-state index >= 15 is 0 Å². The number of ether oxygens (including phenoxy) is 1. The van der Waals surface area contributed by atoms with Gasteiger partial charge in [0.05, 0.1) is 19.0 Å². The topological polar surface area (TPSA) is 39.1 Å². The van der Waals surface area contributed by atoms with Crippen LogP contribution in [0.1, 0.15) is 18.2 Å². The molecule has 0 amide bonds. The summed E-state index contributed by atoms with van der Waals surface area (Å²) in [5.74, 6) is 2.57. The highest BCUT2D eigenvalue weighted by Crippen LogP contribution is 2.31. The van der Waals surface area contributed by atoms with Crippen LogP contribution in [0.3, 0.4) is 0 Å². The van der Waals surface area contributed by atoms with Gasteiger partial charge in [-0.25, -0.2) is 4.98 Å². The Morgan fingerprint density at radius 1 is 1.37 bits per heavy atom. The van der Waals surface area contributed by atoms with E-state index in [1.54, 1.807) is 7.11 Å². The fourth-order valence-corrected chi connectivity index (χ4v) is 2.78. The summed E-state index contributed by atoms with van der Waals surface area (Å²) in [6.45, 7) is 2.11. The molecule has 2 heterocycles. The second-order valence-electron chi connectivity index (χ2n) is 4.95. The van der Waals surface area contributed by atoms with Crippen molar-refractivity contribution in [2.45, 2.75) is 12.3 Å². The number of nitrogens with one attached hydrogen (secondary N) is 1. The number of hydrogen-bond donors (Lipinski definition) is 1. The highest BCUT2D eigenvalue weighted by Gasteiger charge is 2.22. The van der Waals surface area contributed by atoms with Gasteiger partial charge in [0.15, 0.2) is 0 Å². The smallest absolute Gasteiger partial charge is 0.128 e. The minimum Gasteiger partial charge on any atom is -0.496 e. The summed E-state index contributed by atoms with van der Waals surface area (Å²) in [6, 6.07) is 8.08. The normalized spacial score (nSPS) is 18.7. The van der Waals surface area contributed by atoms with E-state index in [4.69, 9.17) is 4.74 Å². The average Bonchev–Trinajstić information content (AvgIpc) is 3.08. The largest absolute Gasteiger partial charge is 0.496 e. The summed E-state index contributed by atoms with van der Waals surface area (Å²) in [4.78, 5) is 4.62. The third-order valence-corrected chi connectivity index (χ3v) is 3.83. The van der Waals surface area contributed by atoms with Crippen LogP contribution in [0, 0.1) is 0 Å². The van der Waals surface area contributed by atoms with E-state index in [9.17, 15) is 0 Å². The molecule has 2 aromatic rings. The van der Waals surface area contributed by atoms with E-state index < -0.39 is 0 Å². The molecule has 0 bridgehead atoms. The first-order valence-corrected chi connectivity index (χ1v) is 6.67. The molecule has 1 aliphatic rings. The molecule has 3 rings (SSSR count). The maximum absolute atomic E-state index is 5.44. The fraction of sp³-hybridized carbons (Fsp3) is 0.400. The van der Waals surface area contributed by atoms with Crippen LogP contribution < -0.4 is 10.1 Å². The highest BCUT2D eigenvalue weighted by atomic mass is 16.5. The summed E-state index contributed by atoms with van der Waals surface area (Å²) < 4.78 is 7.63. The predicted octanol–water partition coefficient (Wildman–Crippen LogP) is 2.17. The molecule has 19 heavy (non-hydrogen) atoms. The van der Waals surface area contributed by atoms with Crippen molar-refractivity contribution in [3.8, 4) is 17.0 Å². The van der Waals surface area contributed by atoms with Gasteiger partial charge in [-0.05, 0) is 25.1 Å². The number of aromatic nitrogens is 2. The quantitative estimate of drug-likeness (QED) is 0.916. The van der Waals surface area contributed by atoms with Gasteiger partial charge in [-0.2, -0.15) is 0 Å². The lowest BCUT2D eigenvalue weighted by molar-refractivity contribution is 0.416. The average molecular weight is 257 g/mol. The van der Waals surface area contributed by atoms with Crippen LogP contribution in [0.5, 0.6) is 5.75 Å². The highest BCUT2D eigenvalue weighted by molar-refractivity contribution is 5.67. The van der Waals surface area contributed by atoms with E-state index in [0.717, 1.165) is 42.3 Å². The van der Waals surface area contributed by atoms with Crippen molar-refractivity contribution in [2.75, 3.05) is 20.2 Å². The third-order valence-electron chi connectivity index (χ3n) is 3.83. The van der Waals surface area contributed by atoms with Gasteiger partial charge < -0.3 is 14.6 Å². The number of benzene rings is 1. The summed E-state index contributed by atoms with van der Waals surface area (Å²) in [5, 5.41) is 3.39. The van der Waals surface area contributed by atoms with Crippen molar-refractivity contribution in [3.05, 3.63) is 36.3 Å². The van der Waals surface area contributed by atoms with Crippen LogP contribution >= 0.6 is 0 Å². The van der Waals surface area contributed by atoms with Crippen molar-refractivity contribution in [1.82, 2.24) is 14.9 Å². The van der Waals surface area contributed by atoms with Crippen LogP contribution in [0.15, 0.2) is 30.5 Å². The molecule has 1 aliphatic heterocycles. The van der Waals surface area contributed by atoms with Gasteiger partial charge in [-0.15, -0.1) is 0 Å². The molecular weight excluding hydrogens is 238 g/mol. The maximum Gasteiger partial charge on any atom is 0.128 e. The van der Waals surface area contributed by atoms with Crippen molar-refractivity contribution in [1.29, 1.82) is 0 Å². The third kappa shape index (κ3) is 2.12. The molecule has 4 nitrogen and oxygen atoms in total. The molecule has 1 aromatic carbocycles. The molecule has 0 radical (unpaired) electrons. The Morgan fingerprint density at radius 2 is 2.21 bits per heavy atom. The van der Waals surface area contributed by atoms with Crippen molar-refractivity contribution in [2.24, 2.45) is 7.05 Å². The second-order valence-corrected chi connectivity index (χ2v) is 4.95. The predicted molar refractivity (Wildman–Crippen MR) is 75.4 cm³/mol. The molecule has 1 atom stereocenters. The molecule has 1 fully saturated rings. The van der Waals surface area contributed by atoms with Crippen LogP contribution in [-0.4, -0.2) is 29.8 Å². The van der Waals surface area contributed by atoms with E-state index in [0.29, 0.717) is 5.92 Å². The van der Waals surface area contributed by atoms with Crippen molar-refractivity contribution in [3.63, 3.8) is 0 Å². The first-order valence-electron chi connectivity index (χ1n) is 6.67. The number of rotatable bonds is 3. The van der Waals surface area contributed by atoms with Gasteiger partial charge in [0.25, 0.3) is 0 Å². The summed E-state index contributed by atoms with van der Waals surface area (Å²) >= 11 is 0. The monoisotopic (exact) mass is 257 g/mol. The number of para-hydroxylation sites is 1. The Bertz CT molecular complexity index is 571. The number of nitrogens with zero attached hydrogens (tertiary/aromatic N) is 2. The second kappa shape index (κ2) is 5.05. The molecule has 1 aromatic heterocycles. The molecule has 0 aliphatic carbocycles. The molecule has 0 saturated carbocycles. The van der Waals surface area contributed by atoms with E-state index in [2.05, 4.69) is 28.0 Å². The Balaban J connectivity index is 2.01. The lowest BCUT2D eigenvalue weighted by atomic mass is 10.1. The summed E-state index contributed by atoms with van der Waals surface area (Å²) in [6.07, 6.45) is 3.11. The summed E-state index contributed by atoms with van der Waals surface area (Å²) in [5.41, 5.74) is 2.21. The van der Waals surface area contributed by atoms with E-state index in [1.165, 1.54) is 0 Å². The standard InChI is InChI=1S/C15H19N3O/c1-18-13(12-5-3-4-6-14(12)19-2)10-17-15(18)11-7-8-16-9-11/h3-6,10-11,16H,7-9H2,1-2H3. The molecule has 1 saturated heterocycles. The van der Waals surface area contributed by atoms with Crippen LogP contribution in [0.2, 0.25) is 0 Å². The van der Waals surface area contributed by atoms with Gasteiger partial charge >= 0.3 is 0 Å². The molecule has 4 heteroatoms. The van der Waals surface area contributed by atoms with Gasteiger partial charge in [-0.3, -0.25) is 0 Å². The molecular formula is C15H19N3O.